The number of benzene rings is 2. The molecular formula is C22H25ClN2O5S. The smallest absolute Gasteiger partial charge is 0.338 e. The molecule has 0 saturated carbocycles. The Bertz CT molecular complexity index is 1010. The van der Waals surface area contributed by atoms with E-state index < -0.39 is 16.0 Å². The number of amides is 1. The molecule has 9 heteroatoms. The first kappa shape index (κ1) is 23.2. The Balaban J connectivity index is 1.52. The number of hydrogen-bond acceptors (Lipinski definition) is 5. The molecule has 3 rings (SSSR count). The molecule has 166 valence electrons. The minimum Gasteiger partial charge on any atom is -0.462 e. The van der Waals surface area contributed by atoms with Crippen LogP contribution in [0.15, 0.2) is 48.5 Å². The van der Waals surface area contributed by atoms with Gasteiger partial charge in [-0.05, 0) is 61.7 Å². The first-order valence-corrected chi connectivity index (χ1v) is 12.1. The van der Waals surface area contributed by atoms with Crippen molar-refractivity contribution in [2.75, 3.05) is 25.0 Å². The van der Waals surface area contributed by atoms with Crippen LogP contribution in [0, 0.1) is 5.92 Å². The van der Waals surface area contributed by atoms with Gasteiger partial charge in [-0.15, -0.1) is 0 Å². The minimum atomic E-state index is -3.46. The van der Waals surface area contributed by atoms with Crippen LogP contribution in [-0.2, 0) is 25.3 Å². The van der Waals surface area contributed by atoms with Crippen molar-refractivity contribution in [3.05, 3.63) is 64.7 Å². The monoisotopic (exact) mass is 464 g/mol. The zero-order valence-electron chi connectivity index (χ0n) is 17.2. The van der Waals surface area contributed by atoms with E-state index in [0.717, 1.165) is 0 Å². The molecule has 2 aromatic rings. The number of carbonyl (C=O) groups excluding carboxylic acids is 2. The van der Waals surface area contributed by atoms with Gasteiger partial charge in [-0.1, -0.05) is 23.7 Å². The van der Waals surface area contributed by atoms with Gasteiger partial charge >= 0.3 is 5.97 Å². The molecule has 0 aromatic heterocycles. The van der Waals surface area contributed by atoms with Crippen molar-refractivity contribution in [3.63, 3.8) is 0 Å². The van der Waals surface area contributed by atoms with E-state index in [4.69, 9.17) is 16.3 Å². The van der Waals surface area contributed by atoms with Crippen LogP contribution < -0.4 is 5.32 Å². The second kappa shape index (κ2) is 10.3. The predicted octanol–water partition coefficient (Wildman–Crippen LogP) is 3.70. The first-order chi connectivity index (χ1) is 14.8. The topological polar surface area (TPSA) is 92.8 Å². The molecule has 1 fully saturated rings. The van der Waals surface area contributed by atoms with Gasteiger partial charge in [0, 0.05) is 29.7 Å². The summed E-state index contributed by atoms with van der Waals surface area (Å²) in [7, 11) is -3.46. The second-order valence-corrected chi connectivity index (χ2v) is 9.75. The number of rotatable bonds is 7. The van der Waals surface area contributed by atoms with Crippen LogP contribution in [0.3, 0.4) is 0 Å². The minimum absolute atomic E-state index is 0.0894. The Morgan fingerprint density at radius 2 is 1.68 bits per heavy atom. The number of ether oxygens (including phenoxy) is 1. The Morgan fingerprint density at radius 1 is 1.06 bits per heavy atom. The fraction of sp³-hybridized carbons (Fsp3) is 0.364. The summed E-state index contributed by atoms with van der Waals surface area (Å²) in [6.45, 7) is 2.64. The molecule has 0 spiro atoms. The number of hydrogen-bond donors (Lipinski definition) is 1. The summed E-state index contributed by atoms with van der Waals surface area (Å²) in [4.78, 5) is 24.3. The maximum atomic E-state index is 12.7. The molecule has 0 radical (unpaired) electrons. The Kier molecular flexibility index (Phi) is 7.69. The zero-order valence-corrected chi connectivity index (χ0v) is 18.8. The number of nitrogens with zero attached hydrogens (tertiary/aromatic N) is 1. The molecule has 1 amide bonds. The molecule has 0 bridgehead atoms. The Morgan fingerprint density at radius 3 is 2.26 bits per heavy atom. The molecule has 31 heavy (non-hydrogen) atoms. The average Bonchev–Trinajstić information content (AvgIpc) is 2.76. The molecular weight excluding hydrogens is 440 g/mol. The van der Waals surface area contributed by atoms with Crippen molar-refractivity contribution in [2.24, 2.45) is 5.92 Å². The lowest BCUT2D eigenvalue weighted by atomic mass is 9.97. The maximum absolute atomic E-state index is 12.7. The van der Waals surface area contributed by atoms with E-state index >= 15 is 0 Å². The fourth-order valence-corrected chi connectivity index (χ4v) is 5.12. The SMILES string of the molecule is CCOC(=O)c1ccc(NC(=O)C2CCN(S(=O)(=O)Cc3ccc(Cl)cc3)CC2)cc1. The molecule has 0 unspecified atom stereocenters. The van der Waals surface area contributed by atoms with E-state index in [9.17, 15) is 18.0 Å². The van der Waals surface area contributed by atoms with Gasteiger partial charge in [-0.3, -0.25) is 4.79 Å². The first-order valence-electron chi connectivity index (χ1n) is 10.1. The highest BCUT2D eigenvalue weighted by Gasteiger charge is 2.31. The van der Waals surface area contributed by atoms with Crippen molar-refractivity contribution in [1.29, 1.82) is 0 Å². The summed E-state index contributed by atoms with van der Waals surface area (Å²) in [5, 5.41) is 3.40. The van der Waals surface area contributed by atoms with E-state index in [0.29, 0.717) is 54.4 Å². The third-order valence-electron chi connectivity index (χ3n) is 5.14. The predicted molar refractivity (Wildman–Crippen MR) is 119 cm³/mol. The van der Waals surface area contributed by atoms with Crippen molar-refractivity contribution in [3.8, 4) is 0 Å². The van der Waals surface area contributed by atoms with Crippen LogP contribution in [-0.4, -0.2) is 44.3 Å². The molecule has 0 atom stereocenters. The number of carbonyl (C=O) groups is 2. The van der Waals surface area contributed by atoms with E-state index in [1.165, 1.54) is 4.31 Å². The quantitative estimate of drug-likeness (QED) is 0.631. The lowest BCUT2D eigenvalue weighted by Crippen LogP contribution is -2.41. The van der Waals surface area contributed by atoms with Gasteiger partial charge in [0.1, 0.15) is 0 Å². The number of halogens is 1. The second-order valence-electron chi connectivity index (χ2n) is 7.34. The van der Waals surface area contributed by atoms with Gasteiger partial charge < -0.3 is 10.1 Å². The summed E-state index contributed by atoms with van der Waals surface area (Å²) in [6.07, 6.45) is 0.902. The lowest BCUT2D eigenvalue weighted by Gasteiger charge is -2.30. The normalized spacial score (nSPS) is 15.4. The van der Waals surface area contributed by atoms with Crippen molar-refractivity contribution in [1.82, 2.24) is 4.31 Å². The maximum Gasteiger partial charge on any atom is 0.338 e. The lowest BCUT2D eigenvalue weighted by molar-refractivity contribution is -0.120. The molecule has 1 aliphatic heterocycles. The van der Waals surface area contributed by atoms with E-state index in [1.807, 2.05) is 0 Å². The van der Waals surface area contributed by atoms with Crippen LogP contribution in [0.25, 0.3) is 0 Å². The van der Waals surface area contributed by atoms with Crippen LogP contribution in [0.4, 0.5) is 5.69 Å². The van der Waals surface area contributed by atoms with E-state index in [-0.39, 0.29) is 17.6 Å². The highest BCUT2D eigenvalue weighted by atomic mass is 35.5. The number of sulfonamides is 1. The molecule has 1 N–H and O–H groups in total. The molecule has 2 aromatic carbocycles. The summed E-state index contributed by atoms with van der Waals surface area (Å²) in [6, 6.07) is 13.2. The summed E-state index contributed by atoms with van der Waals surface area (Å²) >= 11 is 5.85. The van der Waals surface area contributed by atoms with Gasteiger partial charge in [0.25, 0.3) is 0 Å². The molecule has 7 nitrogen and oxygen atoms in total. The third kappa shape index (κ3) is 6.29. The van der Waals surface area contributed by atoms with Gasteiger partial charge in [-0.25, -0.2) is 17.5 Å². The van der Waals surface area contributed by atoms with Gasteiger partial charge in [0.2, 0.25) is 15.9 Å². The van der Waals surface area contributed by atoms with Crippen molar-refractivity contribution in [2.45, 2.75) is 25.5 Å². The summed E-state index contributed by atoms with van der Waals surface area (Å²) in [5.74, 6) is -0.925. The van der Waals surface area contributed by atoms with Gasteiger partial charge in [0.05, 0.1) is 17.9 Å². The van der Waals surface area contributed by atoms with Gasteiger partial charge in [-0.2, -0.15) is 0 Å². The number of piperidine rings is 1. The fourth-order valence-electron chi connectivity index (χ4n) is 3.43. The van der Waals surface area contributed by atoms with E-state index in [2.05, 4.69) is 5.32 Å². The van der Waals surface area contributed by atoms with Crippen molar-refractivity contribution >= 4 is 39.2 Å². The number of nitrogens with one attached hydrogen (secondary N) is 1. The number of esters is 1. The van der Waals surface area contributed by atoms with Crippen LogP contribution >= 0.6 is 11.6 Å². The number of anilines is 1. The van der Waals surface area contributed by atoms with Gasteiger partial charge in [0.15, 0.2) is 0 Å². The third-order valence-corrected chi connectivity index (χ3v) is 7.25. The van der Waals surface area contributed by atoms with Crippen molar-refractivity contribution < 1.29 is 22.7 Å². The molecule has 1 saturated heterocycles. The Labute approximate surface area is 187 Å². The standard InChI is InChI=1S/C22H25ClN2O5S/c1-2-30-22(27)18-5-9-20(10-6-18)24-21(26)17-11-13-25(14-12-17)31(28,29)15-16-3-7-19(23)8-4-16/h3-10,17H,2,11-15H2,1H3,(H,24,26). The van der Waals surface area contributed by atoms with E-state index in [1.54, 1.807) is 55.5 Å². The highest BCUT2D eigenvalue weighted by Crippen LogP contribution is 2.24. The summed E-state index contributed by atoms with van der Waals surface area (Å²) < 4.78 is 31.8. The summed E-state index contributed by atoms with van der Waals surface area (Å²) in [5.41, 5.74) is 1.67. The molecule has 1 aliphatic rings. The molecule has 1 heterocycles. The zero-order chi connectivity index (χ0) is 22.4. The average molecular weight is 465 g/mol. The largest absolute Gasteiger partial charge is 0.462 e. The van der Waals surface area contributed by atoms with Crippen LogP contribution in [0.1, 0.15) is 35.7 Å². The van der Waals surface area contributed by atoms with Crippen LogP contribution in [0.2, 0.25) is 5.02 Å². The Hall–Kier alpha value is -2.42. The molecule has 0 aliphatic carbocycles. The highest BCUT2D eigenvalue weighted by molar-refractivity contribution is 7.88. The van der Waals surface area contributed by atoms with Crippen LogP contribution in [0.5, 0.6) is 0 Å².